The molecular formula is C16H21N. The van der Waals surface area contributed by atoms with Crippen molar-refractivity contribution in [3.63, 3.8) is 0 Å². The van der Waals surface area contributed by atoms with E-state index < -0.39 is 0 Å². The molecule has 0 spiro atoms. The highest BCUT2D eigenvalue weighted by atomic mass is 15.1. The molecular weight excluding hydrogens is 206 g/mol. The third kappa shape index (κ3) is 2.04. The van der Waals surface area contributed by atoms with Gasteiger partial charge >= 0.3 is 0 Å². The lowest BCUT2D eigenvalue weighted by atomic mass is 9.80. The van der Waals surface area contributed by atoms with Gasteiger partial charge in [-0.05, 0) is 48.3 Å². The number of aryl methyl sites for hydroxylation is 1. The van der Waals surface area contributed by atoms with E-state index in [-0.39, 0.29) is 0 Å². The Balaban J connectivity index is 1.96. The lowest BCUT2D eigenvalue weighted by Crippen LogP contribution is -2.29. The summed E-state index contributed by atoms with van der Waals surface area (Å²) >= 11 is 0. The molecule has 90 valence electrons. The van der Waals surface area contributed by atoms with Gasteiger partial charge in [0.25, 0.3) is 0 Å². The van der Waals surface area contributed by atoms with Crippen LogP contribution >= 0.6 is 0 Å². The number of nitrogens with zero attached hydrogens (tertiary/aromatic N) is 1. The molecule has 0 aromatic heterocycles. The summed E-state index contributed by atoms with van der Waals surface area (Å²) in [6.07, 6.45) is 7.29. The molecule has 1 nitrogen and oxygen atoms in total. The van der Waals surface area contributed by atoms with Gasteiger partial charge in [0, 0.05) is 19.6 Å². The van der Waals surface area contributed by atoms with Crippen molar-refractivity contribution in [1.29, 1.82) is 0 Å². The molecule has 0 unspecified atom stereocenters. The molecule has 1 aromatic rings. The second-order valence-corrected chi connectivity index (χ2v) is 5.38. The standard InChI is InChI=1S/C16H21N/c1-2-10-17-11-9-14-7-3-5-13-6-4-8-15(12-17)16(13)14/h2-3,5,7,15H,1,4,6,8-12H2/t15-/m0/s1. The van der Waals surface area contributed by atoms with E-state index in [2.05, 4.69) is 29.7 Å². The van der Waals surface area contributed by atoms with Gasteiger partial charge in [0.2, 0.25) is 0 Å². The summed E-state index contributed by atoms with van der Waals surface area (Å²) in [5.41, 5.74) is 4.93. The molecule has 1 aliphatic carbocycles. The van der Waals surface area contributed by atoms with Crippen LogP contribution in [0.25, 0.3) is 0 Å². The van der Waals surface area contributed by atoms with E-state index in [1.165, 1.54) is 38.8 Å². The van der Waals surface area contributed by atoms with Crippen molar-refractivity contribution in [2.75, 3.05) is 19.6 Å². The number of hydrogen-bond acceptors (Lipinski definition) is 1. The smallest absolute Gasteiger partial charge is 0.0160 e. The molecule has 0 saturated carbocycles. The van der Waals surface area contributed by atoms with Gasteiger partial charge in [-0.15, -0.1) is 6.58 Å². The second kappa shape index (κ2) is 4.66. The highest BCUT2D eigenvalue weighted by Crippen LogP contribution is 2.36. The predicted molar refractivity (Wildman–Crippen MR) is 72.5 cm³/mol. The van der Waals surface area contributed by atoms with Crippen LogP contribution in [-0.2, 0) is 12.8 Å². The van der Waals surface area contributed by atoms with Crippen molar-refractivity contribution in [2.24, 2.45) is 0 Å². The molecule has 1 aliphatic heterocycles. The predicted octanol–water partition coefficient (Wildman–Crippen LogP) is 3.15. The molecule has 2 aliphatic rings. The fourth-order valence-corrected chi connectivity index (χ4v) is 3.52. The van der Waals surface area contributed by atoms with Crippen LogP contribution in [0.2, 0.25) is 0 Å². The lowest BCUT2D eigenvalue weighted by molar-refractivity contribution is 0.286. The normalized spacial score (nSPS) is 23.9. The SMILES string of the molecule is C=CCN1CCc2cccc3c2[C@@H](CCC3)C1. The van der Waals surface area contributed by atoms with Crippen molar-refractivity contribution in [2.45, 2.75) is 31.6 Å². The first-order chi connectivity index (χ1) is 8.38. The Bertz CT molecular complexity index is 422. The van der Waals surface area contributed by atoms with Crippen LogP contribution in [0, 0.1) is 0 Å². The lowest BCUT2D eigenvalue weighted by Gasteiger charge is -2.28. The topological polar surface area (TPSA) is 3.24 Å². The van der Waals surface area contributed by atoms with Gasteiger partial charge < -0.3 is 0 Å². The van der Waals surface area contributed by atoms with Crippen LogP contribution in [0.1, 0.15) is 35.4 Å². The first-order valence-electron chi connectivity index (χ1n) is 6.82. The molecule has 1 heterocycles. The van der Waals surface area contributed by atoms with Crippen LogP contribution in [0.5, 0.6) is 0 Å². The first-order valence-corrected chi connectivity index (χ1v) is 6.82. The molecule has 17 heavy (non-hydrogen) atoms. The van der Waals surface area contributed by atoms with E-state index in [0.29, 0.717) is 0 Å². The summed E-state index contributed by atoms with van der Waals surface area (Å²) in [7, 11) is 0. The van der Waals surface area contributed by atoms with Crippen molar-refractivity contribution in [3.8, 4) is 0 Å². The molecule has 1 aromatic carbocycles. The third-order valence-electron chi connectivity index (χ3n) is 4.26. The van der Waals surface area contributed by atoms with E-state index in [4.69, 9.17) is 0 Å². The quantitative estimate of drug-likeness (QED) is 0.702. The fraction of sp³-hybridized carbons (Fsp3) is 0.500. The molecule has 0 radical (unpaired) electrons. The van der Waals surface area contributed by atoms with Gasteiger partial charge in [-0.3, -0.25) is 4.90 Å². The molecule has 0 fully saturated rings. The van der Waals surface area contributed by atoms with Gasteiger partial charge in [-0.25, -0.2) is 0 Å². The number of hydrogen-bond donors (Lipinski definition) is 0. The summed E-state index contributed by atoms with van der Waals surface area (Å²) in [5.74, 6) is 0.775. The molecule has 0 saturated heterocycles. The van der Waals surface area contributed by atoms with Crippen LogP contribution < -0.4 is 0 Å². The molecule has 1 atom stereocenters. The number of rotatable bonds is 2. The first kappa shape index (κ1) is 11.0. The minimum Gasteiger partial charge on any atom is -0.299 e. The summed E-state index contributed by atoms with van der Waals surface area (Å²) in [6.45, 7) is 7.34. The third-order valence-corrected chi connectivity index (χ3v) is 4.26. The van der Waals surface area contributed by atoms with E-state index >= 15 is 0 Å². The van der Waals surface area contributed by atoms with Crippen molar-refractivity contribution < 1.29 is 0 Å². The molecule has 0 amide bonds. The van der Waals surface area contributed by atoms with E-state index in [0.717, 1.165) is 12.5 Å². The van der Waals surface area contributed by atoms with Crippen LogP contribution in [0.3, 0.4) is 0 Å². The van der Waals surface area contributed by atoms with Gasteiger partial charge in [0.1, 0.15) is 0 Å². The monoisotopic (exact) mass is 227 g/mol. The zero-order valence-corrected chi connectivity index (χ0v) is 10.5. The second-order valence-electron chi connectivity index (χ2n) is 5.38. The van der Waals surface area contributed by atoms with Crippen LogP contribution in [-0.4, -0.2) is 24.5 Å². The van der Waals surface area contributed by atoms with Gasteiger partial charge in [0.05, 0.1) is 0 Å². The molecule has 3 rings (SSSR count). The summed E-state index contributed by atoms with van der Waals surface area (Å²) in [4.78, 5) is 2.56. The molecule has 1 heteroatoms. The zero-order valence-electron chi connectivity index (χ0n) is 10.5. The van der Waals surface area contributed by atoms with Crippen molar-refractivity contribution in [3.05, 3.63) is 47.5 Å². The van der Waals surface area contributed by atoms with Crippen LogP contribution in [0.4, 0.5) is 0 Å². The van der Waals surface area contributed by atoms with E-state index in [1.54, 1.807) is 16.7 Å². The average molecular weight is 227 g/mol. The minimum absolute atomic E-state index is 0.775. The fourth-order valence-electron chi connectivity index (χ4n) is 3.52. The summed E-state index contributed by atoms with van der Waals surface area (Å²) in [5, 5.41) is 0. The Kier molecular flexibility index (Phi) is 3.02. The van der Waals surface area contributed by atoms with Crippen LogP contribution in [0.15, 0.2) is 30.9 Å². The van der Waals surface area contributed by atoms with E-state index in [9.17, 15) is 0 Å². The Hall–Kier alpha value is -1.08. The van der Waals surface area contributed by atoms with E-state index in [1.807, 2.05) is 6.08 Å². The highest BCUT2D eigenvalue weighted by Gasteiger charge is 2.27. The van der Waals surface area contributed by atoms with Gasteiger partial charge in [-0.2, -0.15) is 0 Å². The number of benzene rings is 1. The molecule has 0 N–H and O–H groups in total. The zero-order chi connectivity index (χ0) is 11.7. The highest BCUT2D eigenvalue weighted by molar-refractivity contribution is 5.41. The molecule has 0 bridgehead atoms. The van der Waals surface area contributed by atoms with Gasteiger partial charge in [0.15, 0.2) is 0 Å². The van der Waals surface area contributed by atoms with Gasteiger partial charge in [-0.1, -0.05) is 24.3 Å². The van der Waals surface area contributed by atoms with Crippen molar-refractivity contribution >= 4 is 0 Å². The summed E-state index contributed by atoms with van der Waals surface area (Å²) < 4.78 is 0. The summed E-state index contributed by atoms with van der Waals surface area (Å²) in [6, 6.07) is 6.93. The maximum atomic E-state index is 3.88. The maximum Gasteiger partial charge on any atom is 0.0160 e. The largest absolute Gasteiger partial charge is 0.299 e. The Morgan fingerprint density at radius 1 is 1.29 bits per heavy atom. The Morgan fingerprint density at radius 3 is 2.94 bits per heavy atom. The Labute approximate surface area is 104 Å². The Morgan fingerprint density at radius 2 is 2.12 bits per heavy atom. The van der Waals surface area contributed by atoms with Crippen molar-refractivity contribution in [1.82, 2.24) is 4.90 Å². The minimum atomic E-state index is 0.775. The average Bonchev–Trinajstić information content (AvgIpc) is 2.53. The maximum absolute atomic E-state index is 3.88.